The van der Waals surface area contributed by atoms with Crippen LogP contribution in [0.15, 0.2) is 0 Å². The lowest BCUT2D eigenvalue weighted by Crippen LogP contribution is -2.55. The van der Waals surface area contributed by atoms with Crippen molar-refractivity contribution in [2.45, 2.75) is 75.6 Å². The van der Waals surface area contributed by atoms with Crippen molar-refractivity contribution in [2.75, 3.05) is 13.2 Å². The standard InChI is InChI=1S/C16H26F3NO/c17-16(18,19)13-5-4-9-20-14(13)12-6-10-21-15(11-12)7-2-1-3-8-15/h12-14,20H,1-11H2. The van der Waals surface area contributed by atoms with E-state index in [1.54, 1.807) is 0 Å². The maximum Gasteiger partial charge on any atom is 0.393 e. The predicted molar refractivity (Wildman–Crippen MR) is 75.1 cm³/mol. The third-order valence-corrected chi connectivity index (χ3v) is 5.73. The van der Waals surface area contributed by atoms with E-state index in [0.717, 1.165) is 45.1 Å². The lowest BCUT2D eigenvalue weighted by molar-refractivity contribution is -0.201. The molecule has 3 fully saturated rings. The van der Waals surface area contributed by atoms with E-state index in [0.29, 0.717) is 13.0 Å². The molecule has 3 atom stereocenters. The first kappa shape index (κ1) is 15.6. The summed E-state index contributed by atoms with van der Waals surface area (Å²) in [6, 6.07) is -0.401. The molecule has 3 unspecified atom stereocenters. The minimum Gasteiger partial charge on any atom is -0.375 e. The zero-order valence-corrected chi connectivity index (χ0v) is 12.6. The molecule has 2 aliphatic heterocycles. The molecule has 5 heteroatoms. The maximum absolute atomic E-state index is 13.3. The maximum atomic E-state index is 13.3. The van der Waals surface area contributed by atoms with Crippen LogP contribution in [0.4, 0.5) is 13.2 Å². The van der Waals surface area contributed by atoms with Gasteiger partial charge in [-0.25, -0.2) is 0 Å². The smallest absolute Gasteiger partial charge is 0.375 e. The lowest BCUT2D eigenvalue weighted by atomic mass is 9.70. The number of halogens is 3. The Morgan fingerprint density at radius 2 is 1.76 bits per heavy atom. The van der Waals surface area contributed by atoms with Crippen molar-refractivity contribution in [3.05, 3.63) is 0 Å². The number of piperidine rings is 1. The van der Waals surface area contributed by atoms with Crippen LogP contribution < -0.4 is 5.32 Å². The molecule has 3 rings (SSSR count). The van der Waals surface area contributed by atoms with E-state index in [1.165, 1.54) is 6.42 Å². The zero-order chi connectivity index (χ0) is 14.9. The molecule has 1 aliphatic carbocycles. The van der Waals surface area contributed by atoms with E-state index >= 15 is 0 Å². The second kappa shape index (κ2) is 6.07. The highest BCUT2D eigenvalue weighted by molar-refractivity contribution is 4.97. The van der Waals surface area contributed by atoms with E-state index < -0.39 is 18.1 Å². The number of nitrogens with one attached hydrogen (secondary N) is 1. The Labute approximate surface area is 124 Å². The summed E-state index contributed by atoms with van der Waals surface area (Å²) in [5.74, 6) is -1.06. The lowest BCUT2D eigenvalue weighted by Gasteiger charge is -2.48. The molecule has 0 aromatic rings. The van der Waals surface area contributed by atoms with Crippen molar-refractivity contribution in [2.24, 2.45) is 11.8 Å². The van der Waals surface area contributed by atoms with Crippen LogP contribution in [-0.2, 0) is 4.74 Å². The van der Waals surface area contributed by atoms with Gasteiger partial charge in [-0.05, 0) is 51.0 Å². The van der Waals surface area contributed by atoms with E-state index in [4.69, 9.17) is 4.74 Å². The zero-order valence-electron chi connectivity index (χ0n) is 12.6. The fraction of sp³-hybridized carbons (Fsp3) is 1.00. The quantitative estimate of drug-likeness (QED) is 0.789. The van der Waals surface area contributed by atoms with Crippen LogP contribution in [0.5, 0.6) is 0 Å². The van der Waals surface area contributed by atoms with E-state index in [9.17, 15) is 13.2 Å². The number of ether oxygens (including phenoxy) is 1. The Morgan fingerprint density at radius 1 is 1.00 bits per heavy atom. The van der Waals surface area contributed by atoms with Gasteiger partial charge in [-0.15, -0.1) is 0 Å². The van der Waals surface area contributed by atoms with Crippen LogP contribution in [0.3, 0.4) is 0 Å². The molecular weight excluding hydrogens is 279 g/mol. The van der Waals surface area contributed by atoms with Gasteiger partial charge < -0.3 is 10.1 Å². The minimum atomic E-state index is -4.07. The molecule has 0 aromatic carbocycles. The Morgan fingerprint density at radius 3 is 2.48 bits per heavy atom. The van der Waals surface area contributed by atoms with Crippen molar-refractivity contribution < 1.29 is 17.9 Å². The molecule has 0 amide bonds. The Balaban J connectivity index is 1.72. The summed E-state index contributed by atoms with van der Waals surface area (Å²) in [5.41, 5.74) is -0.115. The highest BCUT2D eigenvalue weighted by atomic mass is 19.4. The fourth-order valence-electron chi connectivity index (χ4n) is 4.69. The highest BCUT2D eigenvalue weighted by Crippen LogP contribution is 2.45. The SMILES string of the molecule is FC(F)(F)C1CCCNC1C1CCOC2(CCCCC2)C1. The summed E-state index contributed by atoms with van der Waals surface area (Å²) >= 11 is 0. The van der Waals surface area contributed by atoms with Crippen LogP contribution in [-0.4, -0.2) is 31.0 Å². The molecule has 0 radical (unpaired) electrons. The van der Waals surface area contributed by atoms with Gasteiger partial charge in [-0.3, -0.25) is 0 Å². The minimum absolute atomic E-state index is 0.115. The van der Waals surface area contributed by atoms with Crippen molar-refractivity contribution in [3.63, 3.8) is 0 Å². The molecular formula is C16H26F3NO. The Bertz CT molecular complexity index is 346. The summed E-state index contributed by atoms with van der Waals surface area (Å²) in [7, 11) is 0. The molecule has 0 bridgehead atoms. The van der Waals surface area contributed by atoms with Crippen LogP contribution in [0.2, 0.25) is 0 Å². The predicted octanol–water partition coefficient (Wildman–Crippen LogP) is 4.05. The van der Waals surface area contributed by atoms with Gasteiger partial charge in [0.25, 0.3) is 0 Å². The van der Waals surface area contributed by atoms with Gasteiger partial charge in [-0.2, -0.15) is 13.2 Å². The van der Waals surface area contributed by atoms with Crippen molar-refractivity contribution >= 4 is 0 Å². The monoisotopic (exact) mass is 305 g/mol. The summed E-state index contributed by atoms with van der Waals surface area (Å²) in [5, 5.41) is 3.19. The van der Waals surface area contributed by atoms with Crippen LogP contribution in [0.1, 0.15) is 57.8 Å². The van der Waals surface area contributed by atoms with Gasteiger partial charge in [-0.1, -0.05) is 19.3 Å². The Kier molecular flexibility index (Phi) is 4.51. The highest BCUT2D eigenvalue weighted by Gasteiger charge is 2.50. The van der Waals surface area contributed by atoms with Gasteiger partial charge in [0.15, 0.2) is 0 Å². The summed E-state index contributed by atoms with van der Waals surface area (Å²) in [4.78, 5) is 0. The van der Waals surface area contributed by atoms with Gasteiger partial charge in [0.1, 0.15) is 0 Å². The second-order valence-corrected chi connectivity index (χ2v) is 7.12. The molecule has 2 nitrogen and oxygen atoms in total. The number of hydrogen-bond donors (Lipinski definition) is 1. The van der Waals surface area contributed by atoms with Crippen molar-refractivity contribution in [3.8, 4) is 0 Å². The largest absolute Gasteiger partial charge is 0.393 e. The van der Waals surface area contributed by atoms with E-state index in [2.05, 4.69) is 5.32 Å². The third-order valence-electron chi connectivity index (χ3n) is 5.73. The molecule has 1 spiro atoms. The third kappa shape index (κ3) is 3.39. The molecule has 1 saturated carbocycles. The number of alkyl halides is 3. The molecule has 2 saturated heterocycles. The first-order valence-corrected chi connectivity index (χ1v) is 8.44. The summed E-state index contributed by atoms with van der Waals surface area (Å²) in [6.07, 6.45) is 4.06. The van der Waals surface area contributed by atoms with Crippen LogP contribution in [0, 0.1) is 11.8 Å². The summed E-state index contributed by atoms with van der Waals surface area (Å²) < 4.78 is 46.0. The number of rotatable bonds is 1. The Hall–Kier alpha value is -0.290. The topological polar surface area (TPSA) is 21.3 Å². The molecule has 21 heavy (non-hydrogen) atoms. The molecule has 1 N–H and O–H groups in total. The second-order valence-electron chi connectivity index (χ2n) is 7.12. The fourth-order valence-corrected chi connectivity index (χ4v) is 4.69. The van der Waals surface area contributed by atoms with E-state index in [-0.39, 0.29) is 17.9 Å². The molecule has 0 aromatic heterocycles. The van der Waals surface area contributed by atoms with Gasteiger partial charge in [0.2, 0.25) is 0 Å². The summed E-state index contributed by atoms with van der Waals surface area (Å²) in [6.45, 7) is 1.36. The van der Waals surface area contributed by atoms with Crippen molar-refractivity contribution in [1.82, 2.24) is 5.32 Å². The van der Waals surface area contributed by atoms with Crippen LogP contribution >= 0.6 is 0 Å². The first-order valence-electron chi connectivity index (χ1n) is 8.44. The average molecular weight is 305 g/mol. The molecule has 3 aliphatic rings. The average Bonchev–Trinajstić information content (AvgIpc) is 2.47. The van der Waals surface area contributed by atoms with E-state index in [1.807, 2.05) is 0 Å². The van der Waals surface area contributed by atoms with Crippen LogP contribution in [0.25, 0.3) is 0 Å². The molecule has 2 heterocycles. The van der Waals surface area contributed by atoms with Crippen molar-refractivity contribution in [1.29, 1.82) is 0 Å². The van der Waals surface area contributed by atoms with Gasteiger partial charge >= 0.3 is 6.18 Å². The number of hydrogen-bond acceptors (Lipinski definition) is 2. The van der Waals surface area contributed by atoms with Gasteiger partial charge in [0, 0.05) is 12.6 Å². The normalized spacial score (nSPS) is 37.6. The van der Waals surface area contributed by atoms with Gasteiger partial charge in [0.05, 0.1) is 11.5 Å². The molecule has 122 valence electrons. The first-order chi connectivity index (χ1) is 10.0.